The van der Waals surface area contributed by atoms with E-state index in [4.69, 9.17) is 4.52 Å². The van der Waals surface area contributed by atoms with Crippen molar-refractivity contribution in [3.63, 3.8) is 0 Å². The van der Waals surface area contributed by atoms with Crippen molar-refractivity contribution >= 4 is 29.9 Å². The zero-order valence-electron chi connectivity index (χ0n) is 15.9. The number of aromatic nitrogens is 4. The van der Waals surface area contributed by atoms with Gasteiger partial charge in [0.2, 0.25) is 0 Å². The van der Waals surface area contributed by atoms with Crippen LogP contribution in [0, 0.1) is 26.7 Å². The lowest BCUT2D eigenvalue weighted by Gasteiger charge is -2.25. The van der Waals surface area contributed by atoms with Crippen LogP contribution < -0.4 is 10.6 Å². The van der Waals surface area contributed by atoms with Gasteiger partial charge in [-0.1, -0.05) is 5.16 Å². The predicted octanol–water partition coefficient (Wildman–Crippen LogP) is 2.13. The third-order valence-corrected chi connectivity index (χ3v) is 4.71. The van der Waals surface area contributed by atoms with Gasteiger partial charge in [0, 0.05) is 31.6 Å². The molecule has 0 spiro atoms. The van der Waals surface area contributed by atoms with Crippen molar-refractivity contribution in [3.05, 3.63) is 28.7 Å². The third-order valence-electron chi connectivity index (χ3n) is 4.71. The first kappa shape index (κ1) is 20.7. The molecule has 3 rings (SSSR count). The Labute approximate surface area is 171 Å². The van der Waals surface area contributed by atoms with E-state index in [1.165, 1.54) is 0 Å². The molecule has 1 unspecified atom stereocenters. The quantitative estimate of drug-likeness (QED) is 0.393. The maximum absolute atomic E-state index is 5.20. The first-order valence-electron chi connectivity index (χ1n) is 8.91. The lowest BCUT2D eigenvalue weighted by molar-refractivity contribution is 0.358. The van der Waals surface area contributed by atoms with Crippen LogP contribution in [0.2, 0.25) is 0 Å². The summed E-state index contributed by atoms with van der Waals surface area (Å²) in [5.74, 6) is 4.31. The summed E-state index contributed by atoms with van der Waals surface area (Å²) < 4.78 is 7.43. The summed E-state index contributed by atoms with van der Waals surface area (Å²) in [6, 6.07) is 0. The molecule has 1 aliphatic rings. The van der Waals surface area contributed by atoms with Crippen LogP contribution in [-0.2, 0) is 19.5 Å². The number of aryl methyl sites for hydroxylation is 4. The second kappa shape index (κ2) is 9.33. The van der Waals surface area contributed by atoms with Crippen LogP contribution in [0.5, 0.6) is 0 Å². The van der Waals surface area contributed by atoms with E-state index >= 15 is 0 Å². The molecule has 1 aliphatic heterocycles. The molecule has 8 nitrogen and oxygen atoms in total. The highest BCUT2D eigenvalue weighted by atomic mass is 127. The fourth-order valence-electron chi connectivity index (χ4n) is 3.17. The zero-order chi connectivity index (χ0) is 17.8. The first-order chi connectivity index (χ1) is 12.1. The summed E-state index contributed by atoms with van der Waals surface area (Å²) >= 11 is 0. The fraction of sp³-hybridized carbons (Fsp3) is 0.647. The van der Waals surface area contributed by atoms with E-state index in [0.717, 1.165) is 67.1 Å². The maximum atomic E-state index is 5.20. The molecule has 144 valence electrons. The van der Waals surface area contributed by atoms with Crippen LogP contribution in [0.1, 0.15) is 42.0 Å². The SMILES string of the molecule is CCNC(=NCc1c(C)noc1C)NCC1CCc2nnc(C)n2C1.I. The molecule has 0 aliphatic carbocycles. The number of rotatable bonds is 5. The molecular formula is C17H28IN7O. The fourth-order valence-corrected chi connectivity index (χ4v) is 3.17. The summed E-state index contributed by atoms with van der Waals surface area (Å²) in [6.45, 7) is 11.2. The molecule has 0 radical (unpaired) electrons. The molecule has 0 aromatic carbocycles. The lowest BCUT2D eigenvalue weighted by Crippen LogP contribution is -2.41. The highest BCUT2D eigenvalue weighted by Gasteiger charge is 2.21. The summed E-state index contributed by atoms with van der Waals surface area (Å²) in [5.41, 5.74) is 1.96. The standard InChI is InChI=1S/C17H27N7O.HI/c1-5-18-17(20-9-15-11(2)23-25-12(15)3)19-8-14-6-7-16-22-21-13(4)24(16)10-14;/h14H,5-10H2,1-4H3,(H2,18,19,20);1H. The highest BCUT2D eigenvalue weighted by molar-refractivity contribution is 14.0. The minimum absolute atomic E-state index is 0. The van der Waals surface area contributed by atoms with Crippen molar-refractivity contribution in [3.8, 4) is 0 Å². The van der Waals surface area contributed by atoms with Crippen LogP contribution >= 0.6 is 24.0 Å². The number of halogens is 1. The second-order valence-electron chi connectivity index (χ2n) is 6.56. The molecule has 0 amide bonds. The number of hydrogen-bond donors (Lipinski definition) is 2. The van der Waals surface area contributed by atoms with Crippen molar-refractivity contribution in [2.24, 2.45) is 10.9 Å². The van der Waals surface area contributed by atoms with Gasteiger partial charge in [-0.05, 0) is 40.0 Å². The monoisotopic (exact) mass is 473 g/mol. The van der Waals surface area contributed by atoms with Gasteiger partial charge < -0.3 is 19.7 Å². The normalized spacial score (nSPS) is 16.8. The molecule has 9 heteroatoms. The Morgan fingerprint density at radius 1 is 1.27 bits per heavy atom. The van der Waals surface area contributed by atoms with Gasteiger partial charge >= 0.3 is 0 Å². The molecule has 1 atom stereocenters. The van der Waals surface area contributed by atoms with E-state index in [-0.39, 0.29) is 24.0 Å². The van der Waals surface area contributed by atoms with Gasteiger partial charge in [0.1, 0.15) is 17.4 Å². The van der Waals surface area contributed by atoms with Gasteiger partial charge in [-0.3, -0.25) is 0 Å². The molecule has 0 saturated carbocycles. The van der Waals surface area contributed by atoms with E-state index in [0.29, 0.717) is 12.5 Å². The number of hydrogen-bond acceptors (Lipinski definition) is 5. The first-order valence-corrected chi connectivity index (χ1v) is 8.91. The summed E-state index contributed by atoms with van der Waals surface area (Å²) in [6.07, 6.45) is 2.11. The Balaban J connectivity index is 0.00000243. The van der Waals surface area contributed by atoms with E-state index in [1.807, 2.05) is 20.8 Å². The molecule has 0 saturated heterocycles. The van der Waals surface area contributed by atoms with Crippen LogP contribution in [0.25, 0.3) is 0 Å². The van der Waals surface area contributed by atoms with Crippen molar-refractivity contribution in [2.45, 2.75) is 53.6 Å². The Morgan fingerprint density at radius 2 is 2.08 bits per heavy atom. The van der Waals surface area contributed by atoms with Gasteiger partial charge in [-0.2, -0.15) is 0 Å². The topological polar surface area (TPSA) is 93.2 Å². The lowest BCUT2D eigenvalue weighted by atomic mass is 9.99. The van der Waals surface area contributed by atoms with Crippen LogP contribution in [-0.4, -0.2) is 39.0 Å². The Kier molecular flexibility index (Phi) is 7.42. The Bertz CT molecular complexity index is 733. The average molecular weight is 473 g/mol. The molecule has 26 heavy (non-hydrogen) atoms. The molecule has 3 heterocycles. The van der Waals surface area contributed by atoms with Crippen LogP contribution in [0.15, 0.2) is 9.52 Å². The summed E-state index contributed by atoms with van der Waals surface area (Å²) in [7, 11) is 0. The van der Waals surface area contributed by atoms with Crippen LogP contribution in [0.3, 0.4) is 0 Å². The van der Waals surface area contributed by atoms with Crippen molar-refractivity contribution in [1.82, 2.24) is 30.6 Å². The van der Waals surface area contributed by atoms with Gasteiger partial charge in [-0.15, -0.1) is 34.2 Å². The van der Waals surface area contributed by atoms with E-state index in [9.17, 15) is 0 Å². The van der Waals surface area contributed by atoms with E-state index in [2.05, 4.69) is 42.5 Å². The molecule has 2 aromatic rings. The number of nitrogens with one attached hydrogen (secondary N) is 2. The van der Waals surface area contributed by atoms with E-state index < -0.39 is 0 Å². The smallest absolute Gasteiger partial charge is 0.191 e. The largest absolute Gasteiger partial charge is 0.361 e. The minimum atomic E-state index is 0. The molecule has 2 aromatic heterocycles. The number of aliphatic imine (C=N–C) groups is 1. The number of fused-ring (bicyclic) bond motifs is 1. The van der Waals surface area contributed by atoms with Crippen molar-refractivity contribution < 1.29 is 4.52 Å². The summed E-state index contributed by atoms with van der Waals surface area (Å²) in [4.78, 5) is 4.68. The minimum Gasteiger partial charge on any atom is -0.361 e. The molecule has 0 fully saturated rings. The molecule has 2 N–H and O–H groups in total. The van der Waals surface area contributed by atoms with Gasteiger partial charge in [0.25, 0.3) is 0 Å². The Hall–Kier alpha value is -1.65. The average Bonchev–Trinajstić information content (AvgIpc) is 3.13. The molecular weight excluding hydrogens is 445 g/mol. The van der Waals surface area contributed by atoms with Gasteiger partial charge in [0.05, 0.1) is 12.2 Å². The summed E-state index contributed by atoms with van der Waals surface area (Å²) in [5, 5.41) is 19.2. The highest BCUT2D eigenvalue weighted by Crippen LogP contribution is 2.19. The Morgan fingerprint density at radius 3 is 2.77 bits per heavy atom. The van der Waals surface area contributed by atoms with Crippen LogP contribution in [0.4, 0.5) is 0 Å². The van der Waals surface area contributed by atoms with Gasteiger partial charge in [0.15, 0.2) is 5.96 Å². The maximum Gasteiger partial charge on any atom is 0.191 e. The third kappa shape index (κ3) is 4.74. The predicted molar refractivity (Wildman–Crippen MR) is 111 cm³/mol. The second-order valence-corrected chi connectivity index (χ2v) is 6.56. The zero-order valence-corrected chi connectivity index (χ0v) is 18.2. The van der Waals surface area contributed by atoms with Crippen molar-refractivity contribution in [1.29, 1.82) is 0 Å². The van der Waals surface area contributed by atoms with Crippen molar-refractivity contribution in [2.75, 3.05) is 13.1 Å². The number of nitrogens with zero attached hydrogens (tertiary/aromatic N) is 5. The van der Waals surface area contributed by atoms with E-state index in [1.54, 1.807) is 0 Å². The molecule has 0 bridgehead atoms. The van der Waals surface area contributed by atoms with Gasteiger partial charge in [-0.25, -0.2) is 4.99 Å². The number of guanidine groups is 1.